The quantitative estimate of drug-likeness (QED) is 0.187. The molecule has 4 heteroatoms. The third-order valence-electron chi connectivity index (χ3n) is 7.62. The van der Waals surface area contributed by atoms with Crippen molar-refractivity contribution >= 4 is 40.4 Å². The molecule has 0 amide bonds. The van der Waals surface area contributed by atoms with Crippen LogP contribution in [0.15, 0.2) is 108 Å². The highest BCUT2D eigenvalue weighted by molar-refractivity contribution is 7.01. The van der Waals surface area contributed by atoms with E-state index in [0.29, 0.717) is 5.58 Å². The van der Waals surface area contributed by atoms with Crippen LogP contribution in [0.1, 0.15) is 5.56 Å². The summed E-state index contributed by atoms with van der Waals surface area (Å²) in [6, 6.07) is 32.8. The summed E-state index contributed by atoms with van der Waals surface area (Å²) >= 11 is 0. The van der Waals surface area contributed by atoms with Crippen LogP contribution < -0.4 is 14.9 Å². The Labute approximate surface area is 217 Å². The molecule has 0 fully saturated rings. The highest BCUT2D eigenvalue weighted by atomic mass is 28.3. The zero-order valence-electron chi connectivity index (χ0n) is 21.5. The zero-order valence-corrected chi connectivity index (χ0v) is 22.5. The smallest absolute Gasteiger partial charge is 0.216 e. The average molecular weight is 503 g/mol. The minimum atomic E-state index is -2.45. The lowest BCUT2D eigenvalue weighted by atomic mass is 10.0. The van der Waals surface area contributed by atoms with Crippen LogP contribution in [0.4, 0.5) is 4.39 Å². The summed E-state index contributed by atoms with van der Waals surface area (Å²) in [5.74, 6) is -0.195. The maximum absolute atomic E-state index is 15.7. The van der Waals surface area contributed by atoms with Gasteiger partial charge in [0.15, 0.2) is 6.20 Å². The van der Waals surface area contributed by atoms with Gasteiger partial charge < -0.3 is 4.42 Å². The van der Waals surface area contributed by atoms with E-state index in [1.165, 1.54) is 10.8 Å². The molecule has 0 radical (unpaired) electrons. The number of furan rings is 1. The Morgan fingerprint density at radius 3 is 2.08 bits per heavy atom. The van der Waals surface area contributed by atoms with Crippen molar-refractivity contribution in [3.8, 4) is 22.4 Å². The maximum atomic E-state index is 15.7. The molecular weight excluding hydrogens is 473 g/mol. The standard InChI is InChI=1S/C33H29FNOSi/c1-22-13-18-26-27-19-20-28(34)33(32(27)36-31(26)30(22)29-12-8-9-21-35(29)2)37(3,4)25-16-14-24(15-17-25)23-10-6-5-7-11-23/h5-21H,1-4H3/q+1. The molecule has 4 aromatic carbocycles. The molecule has 37 heavy (non-hydrogen) atoms. The van der Waals surface area contributed by atoms with Crippen LogP contribution in [0.3, 0.4) is 0 Å². The fraction of sp³-hybridized carbons (Fsp3) is 0.121. The van der Waals surface area contributed by atoms with Crippen molar-refractivity contribution in [1.29, 1.82) is 0 Å². The number of fused-ring (bicyclic) bond motifs is 3. The predicted octanol–water partition coefficient (Wildman–Crippen LogP) is 7.01. The first kappa shape index (κ1) is 23.4. The molecule has 2 nitrogen and oxygen atoms in total. The van der Waals surface area contributed by atoms with E-state index in [2.05, 4.69) is 79.2 Å². The Kier molecular flexibility index (Phi) is 5.57. The summed E-state index contributed by atoms with van der Waals surface area (Å²) in [4.78, 5) is 0. The van der Waals surface area contributed by atoms with Gasteiger partial charge in [-0.25, -0.2) is 8.96 Å². The fourth-order valence-electron chi connectivity index (χ4n) is 5.52. The first-order valence-electron chi connectivity index (χ1n) is 12.6. The van der Waals surface area contributed by atoms with Crippen LogP contribution in [-0.2, 0) is 7.05 Å². The van der Waals surface area contributed by atoms with Crippen molar-refractivity contribution in [3.05, 3.63) is 115 Å². The Morgan fingerprint density at radius 2 is 1.35 bits per heavy atom. The van der Waals surface area contributed by atoms with Crippen molar-refractivity contribution in [3.63, 3.8) is 0 Å². The van der Waals surface area contributed by atoms with Crippen LogP contribution in [-0.4, -0.2) is 8.07 Å². The van der Waals surface area contributed by atoms with Gasteiger partial charge in [-0.3, -0.25) is 0 Å². The third kappa shape index (κ3) is 3.80. The minimum absolute atomic E-state index is 0.195. The number of halogens is 1. The summed E-state index contributed by atoms with van der Waals surface area (Å²) in [5.41, 5.74) is 7.07. The molecule has 2 heterocycles. The van der Waals surface area contributed by atoms with Crippen LogP contribution in [0.2, 0.25) is 13.1 Å². The molecular formula is C33H29FNOSi+. The van der Waals surface area contributed by atoms with Gasteiger partial charge in [-0.2, -0.15) is 0 Å². The molecule has 0 unspecified atom stereocenters. The van der Waals surface area contributed by atoms with Crippen LogP contribution >= 0.6 is 0 Å². The SMILES string of the molecule is Cc1ccc2c(oc3c([Si](C)(C)c4ccc(-c5ccccc5)cc4)c(F)ccc32)c1-c1cccc[n+]1C. The second-order valence-electron chi connectivity index (χ2n) is 10.3. The fourth-order valence-corrected chi connectivity index (χ4v) is 8.24. The molecule has 0 bridgehead atoms. The summed E-state index contributed by atoms with van der Waals surface area (Å²) in [6.45, 7) is 6.52. The molecule has 182 valence electrons. The van der Waals surface area contributed by atoms with Gasteiger partial charge in [0.25, 0.3) is 0 Å². The number of aryl methyl sites for hydroxylation is 2. The Bertz CT molecular complexity index is 1770. The molecule has 0 saturated heterocycles. The van der Waals surface area contributed by atoms with E-state index in [1.54, 1.807) is 6.07 Å². The van der Waals surface area contributed by atoms with Gasteiger partial charge >= 0.3 is 0 Å². The molecule has 6 aromatic rings. The lowest BCUT2D eigenvalue weighted by Gasteiger charge is -2.24. The van der Waals surface area contributed by atoms with Crippen molar-refractivity contribution < 1.29 is 13.4 Å². The average Bonchev–Trinajstić information content (AvgIpc) is 3.27. The number of hydrogen-bond acceptors (Lipinski definition) is 1. The predicted molar refractivity (Wildman–Crippen MR) is 154 cm³/mol. The topological polar surface area (TPSA) is 17.0 Å². The molecule has 0 saturated carbocycles. The molecule has 0 atom stereocenters. The summed E-state index contributed by atoms with van der Waals surface area (Å²) in [5, 5.41) is 3.87. The van der Waals surface area contributed by atoms with Gasteiger partial charge in [-0.1, -0.05) is 85.0 Å². The van der Waals surface area contributed by atoms with Gasteiger partial charge in [0.1, 0.15) is 32.1 Å². The van der Waals surface area contributed by atoms with Gasteiger partial charge in [0.05, 0.1) is 5.56 Å². The molecule has 6 rings (SSSR count). The van der Waals surface area contributed by atoms with Crippen molar-refractivity contribution in [1.82, 2.24) is 0 Å². The number of hydrogen-bond donors (Lipinski definition) is 0. The number of aromatic nitrogens is 1. The lowest BCUT2D eigenvalue weighted by molar-refractivity contribution is -0.660. The molecule has 0 N–H and O–H groups in total. The van der Waals surface area contributed by atoms with E-state index >= 15 is 4.39 Å². The third-order valence-corrected chi connectivity index (χ3v) is 11.1. The molecule has 0 spiro atoms. The molecule has 0 aliphatic carbocycles. The highest BCUT2D eigenvalue weighted by Crippen LogP contribution is 2.37. The van der Waals surface area contributed by atoms with Gasteiger partial charge in [-0.15, -0.1) is 0 Å². The molecule has 2 aromatic heterocycles. The van der Waals surface area contributed by atoms with Crippen molar-refractivity contribution in [2.45, 2.75) is 20.0 Å². The number of rotatable bonds is 4. The zero-order chi connectivity index (χ0) is 25.7. The van der Waals surface area contributed by atoms with E-state index in [9.17, 15) is 0 Å². The Morgan fingerprint density at radius 1 is 0.703 bits per heavy atom. The van der Waals surface area contributed by atoms with Crippen molar-refractivity contribution in [2.75, 3.05) is 0 Å². The molecule has 0 aliphatic heterocycles. The minimum Gasteiger partial charge on any atom is -0.455 e. The van der Waals surface area contributed by atoms with Gasteiger partial charge in [0, 0.05) is 28.1 Å². The normalized spacial score (nSPS) is 11.9. The van der Waals surface area contributed by atoms with Crippen LogP contribution in [0.25, 0.3) is 44.3 Å². The first-order valence-corrected chi connectivity index (χ1v) is 15.6. The maximum Gasteiger partial charge on any atom is 0.216 e. The lowest BCUT2D eigenvalue weighted by Crippen LogP contribution is -2.54. The monoisotopic (exact) mass is 502 g/mol. The Hall–Kier alpha value is -4.02. The first-order chi connectivity index (χ1) is 17.9. The molecule has 0 aliphatic rings. The largest absolute Gasteiger partial charge is 0.455 e. The number of nitrogens with zero attached hydrogens (tertiary/aromatic N) is 1. The second kappa shape index (κ2) is 8.82. The van der Waals surface area contributed by atoms with E-state index in [4.69, 9.17) is 4.42 Å². The van der Waals surface area contributed by atoms with Crippen LogP contribution in [0, 0.1) is 12.7 Å². The van der Waals surface area contributed by atoms with E-state index < -0.39 is 8.07 Å². The summed E-state index contributed by atoms with van der Waals surface area (Å²) in [7, 11) is -0.408. The Balaban J connectivity index is 1.56. The van der Waals surface area contributed by atoms with Crippen molar-refractivity contribution in [2.24, 2.45) is 7.05 Å². The van der Waals surface area contributed by atoms with E-state index in [0.717, 1.165) is 43.9 Å². The second-order valence-corrected chi connectivity index (χ2v) is 14.6. The number of benzene rings is 4. The van der Waals surface area contributed by atoms with Gasteiger partial charge in [-0.05, 0) is 41.8 Å². The highest BCUT2D eigenvalue weighted by Gasteiger charge is 2.34. The van der Waals surface area contributed by atoms with Crippen LogP contribution in [0.5, 0.6) is 0 Å². The number of pyridine rings is 1. The van der Waals surface area contributed by atoms with E-state index in [-0.39, 0.29) is 5.82 Å². The van der Waals surface area contributed by atoms with E-state index in [1.807, 2.05) is 49.6 Å². The summed E-state index contributed by atoms with van der Waals surface area (Å²) < 4.78 is 24.5. The van der Waals surface area contributed by atoms with Gasteiger partial charge in [0.2, 0.25) is 5.69 Å². The summed E-state index contributed by atoms with van der Waals surface area (Å²) in [6.07, 6.45) is 2.04.